The number of H-pyrrole nitrogens is 1. The van der Waals surface area contributed by atoms with Crippen molar-refractivity contribution in [2.45, 2.75) is 85.0 Å². The van der Waals surface area contributed by atoms with Crippen molar-refractivity contribution in [1.82, 2.24) is 30.4 Å². The topological polar surface area (TPSA) is 158 Å². The predicted molar refractivity (Wildman–Crippen MR) is 243 cm³/mol. The number of ether oxygens (including phenoxy) is 2. The van der Waals surface area contributed by atoms with E-state index >= 15 is 0 Å². The van der Waals surface area contributed by atoms with Gasteiger partial charge >= 0.3 is 12.2 Å². The van der Waals surface area contributed by atoms with Gasteiger partial charge in [-0.15, -0.1) is 34.0 Å². The molecule has 4 aromatic heterocycles. The summed E-state index contributed by atoms with van der Waals surface area (Å²) in [4.78, 5) is 72.2. The molecule has 6 atom stereocenters. The van der Waals surface area contributed by atoms with Gasteiger partial charge in [-0.1, -0.05) is 65.8 Å². The van der Waals surface area contributed by atoms with E-state index in [-0.39, 0.29) is 35.7 Å². The van der Waals surface area contributed by atoms with Gasteiger partial charge in [-0.2, -0.15) is 0 Å². The van der Waals surface area contributed by atoms with Crippen LogP contribution in [0.25, 0.3) is 40.9 Å². The van der Waals surface area contributed by atoms with E-state index in [0.29, 0.717) is 31.3 Å². The SMILES string of the molecule is COC(=O)N[C@H](C(=O)N1C[C@@H](C)C[C@H]1C1=Nc2sc(-c3ccc(-c4cc5sc(-c6cnc([C@@H]7C[C@H](C)CN7C(=O)[C@@H](NC(=O)OC)C(C)C)[nH]6)cc5s4)cc3)cc2C1)C(C)C. The zero-order chi connectivity index (χ0) is 43.3. The number of likely N-dealkylation sites (tertiary alicyclic amines) is 2. The normalized spacial score (nSPS) is 20.9. The van der Waals surface area contributed by atoms with E-state index in [9.17, 15) is 19.2 Å². The fourth-order valence-corrected chi connectivity index (χ4v) is 12.2. The highest BCUT2D eigenvalue weighted by molar-refractivity contribution is 7.31. The van der Waals surface area contributed by atoms with Crippen LogP contribution in [0.15, 0.2) is 53.7 Å². The van der Waals surface area contributed by atoms with Crippen LogP contribution >= 0.6 is 34.0 Å². The van der Waals surface area contributed by atoms with Gasteiger partial charge in [-0.25, -0.2) is 19.6 Å². The summed E-state index contributed by atoms with van der Waals surface area (Å²) in [5.74, 6) is 0.979. The number of alkyl carbamates (subject to hydrolysis) is 2. The Kier molecular flexibility index (Phi) is 12.1. The van der Waals surface area contributed by atoms with Crippen LogP contribution in [0.1, 0.15) is 71.8 Å². The molecule has 0 unspecified atom stereocenters. The highest BCUT2D eigenvalue weighted by Gasteiger charge is 2.42. The number of imidazole rings is 1. The summed E-state index contributed by atoms with van der Waals surface area (Å²) in [6.07, 6.45) is 2.99. The lowest BCUT2D eigenvalue weighted by atomic mass is 9.99. The van der Waals surface area contributed by atoms with Crippen LogP contribution < -0.4 is 10.6 Å². The maximum Gasteiger partial charge on any atom is 0.407 e. The maximum absolute atomic E-state index is 13.8. The standard InChI is InChI=1S/C45H53N7O6S3/c1-22(2)38(49-44(55)57-7)42(53)51-20-24(5)13-31(51)29-15-28-16-33(61-41(28)48-29)26-9-11-27(12-10-26)34-17-36-37(59-34)18-35(60-36)30-19-46-40(47-30)32-14-25(6)21-52(32)43(54)39(23(3)4)50-45(56)58-8/h9-12,16-19,22-25,31-32,38-39H,13-15,20-21H2,1-8H3,(H,46,47)(H,49,55)(H,50,56)/t24-,25-,31-,32-,38-,39-/m0/s1. The van der Waals surface area contributed by atoms with Crippen LogP contribution in [-0.2, 0) is 25.5 Å². The summed E-state index contributed by atoms with van der Waals surface area (Å²) < 4.78 is 12.0. The number of aromatic nitrogens is 2. The quantitative estimate of drug-likeness (QED) is 0.119. The third-order valence-electron chi connectivity index (χ3n) is 12.0. The summed E-state index contributed by atoms with van der Waals surface area (Å²) in [7, 11) is 2.61. The molecule has 3 aliphatic rings. The van der Waals surface area contributed by atoms with E-state index in [2.05, 4.69) is 71.9 Å². The van der Waals surface area contributed by atoms with Crippen molar-refractivity contribution < 1.29 is 28.7 Å². The number of amides is 4. The lowest BCUT2D eigenvalue weighted by Gasteiger charge is -2.31. The molecule has 8 rings (SSSR count). The number of aromatic amines is 1. The minimum absolute atomic E-state index is 0.0839. The Morgan fingerprint density at radius 3 is 1.79 bits per heavy atom. The molecule has 7 heterocycles. The molecule has 0 radical (unpaired) electrons. The third-order valence-corrected chi connectivity index (χ3v) is 15.5. The zero-order valence-electron chi connectivity index (χ0n) is 35.7. The van der Waals surface area contributed by atoms with Crippen LogP contribution in [0.2, 0.25) is 0 Å². The number of methoxy groups -OCH3 is 2. The second kappa shape index (κ2) is 17.4. The zero-order valence-corrected chi connectivity index (χ0v) is 38.2. The molecule has 16 heteroatoms. The Hall–Kier alpha value is -5.06. The van der Waals surface area contributed by atoms with Gasteiger partial charge in [0.1, 0.15) is 22.9 Å². The van der Waals surface area contributed by atoms with Gasteiger partial charge in [-0.05, 0) is 71.4 Å². The fraction of sp³-hybridized carbons (Fsp3) is 0.467. The van der Waals surface area contributed by atoms with Gasteiger partial charge in [0.05, 0.1) is 43.1 Å². The van der Waals surface area contributed by atoms with Crippen molar-refractivity contribution >= 4 is 78.1 Å². The smallest absolute Gasteiger partial charge is 0.407 e. The van der Waals surface area contributed by atoms with Crippen molar-refractivity contribution in [1.29, 1.82) is 0 Å². The van der Waals surface area contributed by atoms with Gasteiger partial charge in [-0.3, -0.25) is 9.59 Å². The molecule has 0 spiro atoms. The number of carbonyl (C=O) groups is 4. The Morgan fingerprint density at radius 1 is 0.738 bits per heavy atom. The molecule has 0 bridgehead atoms. The van der Waals surface area contributed by atoms with Crippen LogP contribution in [0.5, 0.6) is 0 Å². The number of benzene rings is 1. The minimum atomic E-state index is -0.688. The average molecular weight is 884 g/mol. The lowest BCUT2D eigenvalue weighted by Crippen LogP contribution is -2.53. The van der Waals surface area contributed by atoms with Crippen molar-refractivity contribution in [2.75, 3.05) is 27.3 Å². The Morgan fingerprint density at radius 2 is 1.25 bits per heavy atom. The van der Waals surface area contributed by atoms with E-state index < -0.39 is 24.3 Å². The molecule has 2 fully saturated rings. The fourth-order valence-electron chi connectivity index (χ4n) is 8.79. The molecule has 61 heavy (non-hydrogen) atoms. The van der Waals surface area contributed by atoms with Gasteiger partial charge in [0.15, 0.2) is 0 Å². The number of hydrogen-bond acceptors (Lipinski definition) is 11. The molecule has 2 saturated heterocycles. The monoisotopic (exact) mass is 883 g/mol. The van der Waals surface area contributed by atoms with Crippen molar-refractivity contribution in [3.8, 4) is 31.5 Å². The summed E-state index contributed by atoms with van der Waals surface area (Å²) in [5, 5.41) is 6.48. The van der Waals surface area contributed by atoms with Gasteiger partial charge in [0.2, 0.25) is 11.8 Å². The van der Waals surface area contributed by atoms with Crippen molar-refractivity contribution in [3.05, 3.63) is 60.0 Å². The number of rotatable bonds is 11. The maximum atomic E-state index is 13.8. The number of thiophene rings is 3. The van der Waals surface area contributed by atoms with Gasteiger partial charge in [0.25, 0.3) is 0 Å². The minimum Gasteiger partial charge on any atom is -0.453 e. The second-order valence-corrected chi connectivity index (χ2v) is 20.5. The average Bonchev–Trinajstić information content (AvgIpc) is 4.09. The van der Waals surface area contributed by atoms with E-state index in [0.717, 1.165) is 51.1 Å². The molecule has 3 N–H and O–H groups in total. The summed E-state index contributed by atoms with van der Waals surface area (Å²) in [5.41, 5.74) is 5.43. The largest absolute Gasteiger partial charge is 0.453 e. The summed E-state index contributed by atoms with van der Waals surface area (Å²) >= 11 is 5.17. The molecule has 4 amide bonds. The highest BCUT2D eigenvalue weighted by Crippen LogP contribution is 2.45. The van der Waals surface area contributed by atoms with Crippen LogP contribution in [0.4, 0.5) is 14.6 Å². The number of nitrogens with one attached hydrogen (secondary N) is 3. The predicted octanol–water partition coefficient (Wildman–Crippen LogP) is 9.28. The van der Waals surface area contributed by atoms with E-state index in [1.165, 1.54) is 38.9 Å². The van der Waals surface area contributed by atoms with E-state index in [4.69, 9.17) is 19.5 Å². The lowest BCUT2D eigenvalue weighted by molar-refractivity contribution is -0.136. The van der Waals surface area contributed by atoms with Gasteiger partial charge < -0.3 is 34.9 Å². The van der Waals surface area contributed by atoms with Gasteiger partial charge in [0, 0.05) is 44.4 Å². The number of nitrogens with zero attached hydrogens (tertiary/aromatic N) is 4. The number of carbonyl (C=O) groups excluding carboxylic acids is 4. The molecule has 0 aliphatic carbocycles. The summed E-state index contributed by atoms with van der Waals surface area (Å²) in [6.45, 7) is 13.2. The number of aliphatic imine (C=N–C) groups is 1. The van der Waals surface area contributed by atoms with E-state index in [1.807, 2.05) is 43.7 Å². The second-order valence-electron chi connectivity index (χ2n) is 17.3. The molecule has 0 saturated carbocycles. The Balaban J connectivity index is 0.933. The third kappa shape index (κ3) is 8.58. The first-order chi connectivity index (χ1) is 29.2. The molecule has 322 valence electrons. The first-order valence-electron chi connectivity index (χ1n) is 20.9. The number of hydrogen-bond donors (Lipinski definition) is 3. The molecule has 1 aromatic carbocycles. The molecule has 3 aliphatic heterocycles. The Bertz CT molecular complexity index is 2450. The van der Waals surface area contributed by atoms with Crippen molar-refractivity contribution in [2.24, 2.45) is 28.7 Å². The molecular weight excluding hydrogens is 831 g/mol. The molecule has 5 aromatic rings. The van der Waals surface area contributed by atoms with Crippen LogP contribution in [0, 0.1) is 23.7 Å². The Labute approximate surface area is 367 Å². The van der Waals surface area contributed by atoms with E-state index in [1.54, 1.807) is 34.0 Å². The van der Waals surface area contributed by atoms with Crippen molar-refractivity contribution in [3.63, 3.8) is 0 Å². The molecule has 13 nitrogen and oxygen atoms in total. The highest BCUT2D eigenvalue weighted by atomic mass is 32.1. The number of fused-ring (bicyclic) bond motifs is 2. The first kappa shape index (κ1) is 42.6. The summed E-state index contributed by atoms with van der Waals surface area (Å²) in [6, 6.07) is 13.8. The van der Waals surface area contributed by atoms with Crippen LogP contribution in [0.3, 0.4) is 0 Å². The molecular formula is C45H53N7O6S3. The first-order valence-corrected chi connectivity index (χ1v) is 23.4. The van der Waals surface area contributed by atoms with Crippen LogP contribution in [-0.4, -0.2) is 94.9 Å².